The highest BCUT2D eigenvalue weighted by atomic mass is 32.2. The third kappa shape index (κ3) is 5.15. The number of nitrogens with zero attached hydrogens (tertiary/aromatic N) is 1. The number of alkyl halides is 6. The number of piperidine rings is 1. The second-order valence-corrected chi connectivity index (χ2v) is 9.59. The van der Waals surface area contributed by atoms with Gasteiger partial charge in [0, 0.05) is 24.6 Å². The fourth-order valence-corrected chi connectivity index (χ4v) is 5.08. The summed E-state index contributed by atoms with van der Waals surface area (Å²) in [5.74, 6) is -0.670. The molecule has 0 atom stereocenters. The van der Waals surface area contributed by atoms with Crippen LogP contribution in [0.3, 0.4) is 0 Å². The summed E-state index contributed by atoms with van der Waals surface area (Å²) in [5.41, 5.74) is -1.97. The Hall–Kier alpha value is -2.40. The average Bonchev–Trinajstić information content (AvgIpc) is 2.72. The van der Waals surface area contributed by atoms with Gasteiger partial charge in [-0.2, -0.15) is 30.6 Å². The molecule has 3 rings (SSSR count). The Kier molecular flexibility index (Phi) is 6.45. The molecule has 174 valence electrons. The first-order chi connectivity index (χ1) is 14.7. The van der Waals surface area contributed by atoms with E-state index < -0.39 is 44.3 Å². The number of aryl methyl sites for hydroxylation is 1. The molecular weight excluding hydrogens is 460 g/mol. The molecule has 1 fully saturated rings. The van der Waals surface area contributed by atoms with Crippen LogP contribution in [-0.2, 0) is 22.4 Å². The van der Waals surface area contributed by atoms with Crippen LogP contribution in [0.1, 0.15) is 39.9 Å². The first-order valence-electron chi connectivity index (χ1n) is 9.60. The Morgan fingerprint density at radius 1 is 0.875 bits per heavy atom. The molecule has 11 heteroatoms. The van der Waals surface area contributed by atoms with Crippen LogP contribution < -0.4 is 0 Å². The van der Waals surface area contributed by atoms with E-state index in [4.69, 9.17) is 0 Å². The van der Waals surface area contributed by atoms with Gasteiger partial charge in [-0.05, 0) is 38.0 Å². The fourth-order valence-electron chi connectivity index (χ4n) is 3.54. The SMILES string of the molecule is Cc1ccc(C(=O)C2CCN(S(=O)(=O)c3cc(C(F)(F)F)cc(C(F)(F)F)c3)CC2)cc1. The predicted molar refractivity (Wildman–Crippen MR) is 103 cm³/mol. The van der Waals surface area contributed by atoms with Crippen molar-refractivity contribution < 1.29 is 39.6 Å². The van der Waals surface area contributed by atoms with Crippen molar-refractivity contribution in [1.29, 1.82) is 0 Å². The van der Waals surface area contributed by atoms with Gasteiger partial charge in [-0.1, -0.05) is 29.8 Å². The molecule has 4 nitrogen and oxygen atoms in total. The maximum atomic E-state index is 13.1. The zero-order chi connectivity index (χ0) is 23.9. The molecule has 1 aliphatic heterocycles. The van der Waals surface area contributed by atoms with Crippen molar-refractivity contribution in [3.05, 3.63) is 64.7 Å². The molecule has 0 spiro atoms. The number of benzene rings is 2. The Morgan fingerprint density at radius 2 is 1.34 bits per heavy atom. The summed E-state index contributed by atoms with van der Waals surface area (Å²) in [5, 5.41) is 0. The van der Waals surface area contributed by atoms with Crippen LogP contribution in [0.15, 0.2) is 47.4 Å². The molecule has 0 N–H and O–H groups in total. The van der Waals surface area contributed by atoms with E-state index in [2.05, 4.69) is 0 Å². The lowest BCUT2D eigenvalue weighted by Gasteiger charge is -2.31. The molecule has 0 aromatic heterocycles. The minimum atomic E-state index is -5.15. The topological polar surface area (TPSA) is 54.5 Å². The zero-order valence-electron chi connectivity index (χ0n) is 16.8. The Bertz CT molecular complexity index is 1070. The summed E-state index contributed by atoms with van der Waals surface area (Å²) in [7, 11) is -4.62. The standard InChI is InChI=1S/C21H19F6NO3S/c1-13-2-4-14(5-3-13)19(29)15-6-8-28(9-7-15)32(30,31)18-11-16(20(22,23)24)10-17(12-18)21(25,26)27/h2-5,10-12,15H,6-9H2,1H3. The number of hydrogen-bond donors (Lipinski definition) is 0. The summed E-state index contributed by atoms with van der Waals surface area (Å²) in [6, 6.07) is 7.12. The van der Waals surface area contributed by atoms with E-state index in [0.29, 0.717) is 5.56 Å². The van der Waals surface area contributed by atoms with E-state index in [1.165, 1.54) is 0 Å². The normalized spacial score (nSPS) is 16.8. The number of ketones is 1. The lowest BCUT2D eigenvalue weighted by atomic mass is 9.89. The van der Waals surface area contributed by atoms with Crippen molar-refractivity contribution in [2.75, 3.05) is 13.1 Å². The maximum absolute atomic E-state index is 13.1. The second-order valence-electron chi connectivity index (χ2n) is 7.65. The van der Waals surface area contributed by atoms with E-state index in [1.807, 2.05) is 6.92 Å². The highest BCUT2D eigenvalue weighted by molar-refractivity contribution is 7.89. The molecule has 0 aliphatic carbocycles. The van der Waals surface area contributed by atoms with Crippen LogP contribution in [0.5, 0.6) is 0 Å². The van der Waals surface area contributed by atoms with Crippen molar-refractivity contribution in [2.24, 2.45) is 5.92 Å². The molecular formula is C21H19F6NO3S. The van der Waals surface area contributed by atoms with Crippen LogP contribution in [0.2, 0.25) is 0 Å². The number of Topliss-reactive ketones (excluding diaryl/α,β-unsaturated/α-hetero) is 1. The summed E-state index contributed by atoms with van der Waals surface area (Å²) in [6.07, 6.45) is -10.1. The molecule has 0 amide bonds. The Morgan fingerprint density at radius 3 is 1.78 bits per heavy atom. The summed E-state index contributed by atoms with van der Waals surface area (Å²) >= 11 is 0. The lowest BCUT2D eigenvalue weighted by Crippen LogP contribution is -2.40. The van der Waals surface area contributed by atoms with E-state index in [1.54, 1.807) is 24.3 Å². The van der Waals surface area contributed by atoms with Gasteiger partial charge in [0.2, 0.25) is 10.0 Å². The lowest BCUT2D eigenvalue weighted by molar-refractivity contribution is -0.143. The van der Waals surface area contributed by atoms with Gasteiger partial charge in [-0.15, -0.1) is 0 Å². The fraction of sp³-hybridized carbons (Fsp3) is 0.381. The Labute approximate surface area is 180 Å². The van der Waals surface area contributed by atoms with Gasteiger partial charge in [0.25, 0.3) is 0 Å². The number of sulfonamides is 1. The molecule has 2 aromatic rings. The monoisotopic (exact) mass is 479 g/mol. The zero-order valence-corrected chi connectivity index (χ0v) is 17.6. The van der Waals surface area contributed by atoms with Crippen LogP contribution in [0.25, 0.3) is 0 Å². The van der Waals surface area contributed by atoms with Crippen LogP contribution in [-0.4, -0.2) is 31.6 Å². The minimum absolute atomic E-state index is 0.108. The summed E-state index contributed by atoms with van der Waals surface area (Å²) in [4.78, 5) is 11.5. The molecule has 0 unspecified atom stereocenters. The molecule has 2 aromatic carbocycles. The predicted octanol–water partition coefficient (Wildman–Crippen LogP) is 5.32. The van der Waals surface area contributed by atoms with Gasteiger partial charge < -0.3 is 0 Å². The van der Waals surface area contributed by atoms with Crippen molar-refractivity contribution in [2.45, 2.75) is 37.0 Å². The number of rotatable bonds is 4. The first kappa shape index (κ1) is 24.2. The smallest absolute Gasteiger partial charge is 0.294 e. The summed E-state index contributed by atoms with van der Waals surface area (Å²) < 4.78 is 105. The summed E-state index contributed by atoms with van der Waals surface area (Å²) in [6.45, 7) is 1.47. The minimum Gasteiger partial charge on any atom is -0.294 e. The molecule has 1 aliphatic rings. The quantitative estimate of drug-likeness (QED) is 0.441. The van der Waals surface area contributed by atoms with Crippen molar-refractivity contribution >= 4 is 15.8 Å². The van der Waals surface area contributed by atoms with E-state index in [-0.39, 0.29) is 49.9 Å². The van der Waals surface area contributed by atoms with Crippen molar-refractivity contribution in [3.63, 3.8) is 0 Å². The maximum Gasteiger partial charge on any atom is 0.416 e. The third-order valence-electron chi connectivity index (χ3n) is 5.36. The number of carbonyl (C=O) groups is 1. The van der Waals surface area contributed by atoms with Gasteiger partial charge >= 0.3 is 12.4 Å². The van der Waals surface area contributed by atoms with Crippen LogP contribution >= 0.6 is 0 Å². The molecule has 0 saturated carbocycles. The highest BCUT2D eigenvalue weighted by Crippen LogP contribution is 2.38. The van der Waals surface area contributed by atoms with Gasteiger partial charge in [0.15, 0.2) is 5.78 Å². The Balaban J connectivity index is 1.83. The van der Waals surface area contributed by atoms with Crippen LogP contribution in [0, 0.1) is 12.8 Å². The van der Waals surface area contributed by atoms with Crippen molar-refractivity contribution in [3.8, 4) is 0 Å². The highest BCUT2D eigenvalue weighted by Gasteiger charge is 2.40. The molecule has 0 bridgehead atoms. The number of carbonyl (C=O) groups excluding carboxylic acids is 1. The molecule has 32 heavy (non-hydrogen) atoms. The van der Waals surface area contributed by atoms with E-state index >= 15 is 0 Å². The van der Waals surface area contributed by atoms with Gasteiger partial charge in [-0.25, -0.2) is 8.42 Å². The average molecular weight is 479 g/mol. The van der Waals surface area contributed by atoms with Gasteiger partial charge in [-0.3, -0.25) is 4.79 Å². The molecule has 1 saturated heterocycles. The van der Waals surface area contributed by atoms with Crippen molar-refractivity contribution in [1.82, 2.24) is 4.31 Å². The molecule has 1 heterocycles. The van der Waals surface area contributed by atoms with Gasteiger partial charge in [0.05, 0.1) is 16.0 Å². The number of halogens is 6. The van der Waals surface area contributed by atoms with Gasteiger partial charge in [0.1, 0.15) is 0 Å². The van der Waals surface area contributed by atoms with Crippen LogP contribution in [0.4, 0.5) is 26.3 Å². The first-order valence-corrected chi connectivity index (χ1v) is 11.0. The van der Waals surface area contributed by atoms with E-state index in [0.717, 1.165) is 9.87 Å². The largest absolute Gasteiger partial charge is 0.416 e. The van der Waals surface area contributed by atoms with E-state index in [9.17, 15) is 39.6 Å². The third-order valence-corrected chi connectivity index (χ3v) is 7.24. The molecule has 0 radical (unpaired) electrons. The second kappa shape index (κ2) is 8.51. The number of hydrogen-bond acceptors (Lipinski definition) is 3.